The van der Waals surface area contributed by atoms with Crippen LogP contribution in [0.25, 0.3) is 0 Å². The molecular formula is C15H23NOS. The summed E-state index contributed by atoms with van der Waals surface area (Å²) < 4.78 is 0. The van der Waals surface area contributed by atoms with Crippen molar-refractivity contribution >= 4 is 11.8 Å². The van der Waals surface area contributed by atoms with Crippen molar-refractivity contribution in [1.82, 2.24) is 0 Å². The van der Waals surface area contributed by atoms with Crippen molar-refractivity contribution in [3.05, 3.63) is 47.7 Å². The minimum atomic E-state index is -0.269. The highest BCUT2D eigenvalue weighted by Gasteiger charge is 2.04. The van der Waals surface area contributed by atoms with Gasteiger partial charge in [-0.2, -0.15) is 11.8 Å². The van der Waals surface area contributed by atoms with E-state index in [0.29, 0.717) is 0 Å². The first-order chi connectivity index (χ1) is 8.59. The van der Waals surface area contributed by atoms with Gasteiger partial charge in [0, 0.05) is 0 Å². The maximum absolute atomic E-state index is 9.07. The highest BCUT2D eigenvalue weighted by Crippen LogP contribution is 2.11. The molecule has 0 aliphatic carbocycles. The van der Waals surface area contributed by atoms with E-state index in [1.54, 1.807) is 0 Å². The Morgan fingerprint density at radius 3 is 2.61 bits per heavy atom. The number of aliphatic hydroxyl groups is 1. The Kier molecular flexibility index (Phi) is 6.91. The topological polar surface area (TPSA) is 46.2 Å². The van der Waals surface area contributed by atoms with Gasteiger partial charge in [-0.3, -0.25) is 0 Å². The molecule has 0 fully saturated rings. The quantitative estimate of drug-likeness (QED) is 0.559. The van der Waals surface area contributed by atoms with Gasteiger partial charge in [-0.15, -0.1) is 0 Å². The molecule has 0 bridgehead atoms. The predicted octanol–water partition coefficient (Wildman–Crippen LogP) is 3.45. The standard InChI is InChI=1S/C15H23NOS/c1-12-5-7-14(8-6-12)4-3-10-18-11-9-15(16)13(2)17/h5-8,15,17H,2-4,9-11,16H2,1H3. The van der Waals surface area contributed by atoms with Gasteiger partial charge in [0.1, 0.15) is 5.76 Å². The summed E-state index contributed by atoms with van der Waals surface area (Å²) in [6.07, 6.45) is 3.11. The third kappa shape index (κ3) is 6.12. The van der Waals surface area contributed by atoms with Gasteiger partial charge in [-0.05, 0) is 43.3 Å². The van der Waals surface area contributed by atoms with Crippen molar-refractivity contribution in [1.29, 1.82) is 0 Å². The number of nitrogens with two attached hydrogens (primary N) is 1. The summed E-state index contributed by atoms with van der Waals surface area (Å²) in [5, 5.41) is 9.07. The number of hydrogen-bond acceptors (Lipinski definition) is 3. The number of hydrogen-bond donors (Lipinski definition) is 2. The summed E-state index contributed by atoms with van der Waals surface area (Å²) in [5.41, 5.74) is 8.39. The lowest BCUT2D eigenvalue weighted by Gasteiger charge is -2.09. The van der Waals surface area contributed by atoms with Gasteiger partial charge in [0.05, 0.1) is 6.04 Å². The average molecular weight is 265 g/mol. The van der Waals surface area contributed by atoms with Crippen molar-refractivity contribution in [2.75, 3.05) is 11.5 Å². The van der Waals surface area contributed by atoms with E-state index in [4.69, 9.17) is 10.8 Å². The SMILES string of the molecule is C=C(O)C(N)CCSCCCc1ccc(C)cc1. The normalized spacial score (nSPS) is 12.3. The molecule has 3 heteroatoms. The molecule has 1 atom stereocenters. The van der Waals surface area contributed by atoms with Crippen LogP contribution in [-0.2, 0) is 6.42 Å². The highest BCUT2D eigenvalue weighted by atomic mass is 32.2. The molecule has 0 aliphatic rings. The fraction of sp³-hybridized carbons (Fsp3) is 0.467. The molecular weight excluding hydrogens is 242 g/mol. The van der Waals surface area contributed by atoms with E-state index in [1.807, 2.05) is 11.8 Å². The lowest BCUT2D eigenvalue weighted by Crippen LogP contribution is -2.22. The zero-order valence-electron chi connectivity index (χ0n) is 11.1. The fourth-order valence-electron chi connectivity index (χ4n) is 1.61. The summed E-state index contributed by atoms with van der Waals surface area (Å²) in [6.45, 7) is 5.55. The third-order valence-corrected chi connectivity index (χ3v) is 3.98. The number of aryl methyl sites for hydroxylation is 2. The molecule has 2 nitrogen and oxygen atoms in total. The van der Waals surface area contributed by atoms with Crippen LogP contribution in [0.4, 0.5) is 0 Å². The zero-order valence-corrected chi connectivity index (χ0v) is 11.9. The molecule has 1 rings (SSSR count). The van der Waals surface area contributed by atoms with Gasteiger partial charge in [-0.1, -0.05) is 36.4 Å². The second-order valence-corrected chi connectivity index (χ2v) is 5.81. The Balaban J connectivity index is 2.05. The molecule has 0 saturated carbocycles. The third-order valence-electron chi connectivity index (χ3n) is 2.88. The van der Waals surface area contributed by atoms with Crippen molar-refractivity contribution in [2.24, 2.45) is 5.73 Å². The Morgan fingerprint density at radius 2 is 2.00 bits per heavy atom. The minimum Gasteiger partial charge on any atom is -0.511 e. The van der Waals surface area contributed by atoms with E-state index in [-0.39, 0.29) is 11.8 Å². The van der Waals surface area contributed by atoms with Crippen LogP contribution in [0.5, 0.6) is 0 Å². The second-order valence-electron chi connectivity index (χ2n) is 4.59. The summed E-state index contributed by atoms with van der Waals surface area (Å²) in [5.74, 6) is 2.21. The molecule has 0 aliphatic heterocycles. The minimum absolute atomic E-state index is 0.0928. The van der Waals surface area contributed by atoms with Crippen molar-refractivity contribution < 1.29 is 5.11 Å². The van der Waals surface area contributed by atoms with Crippen molar-refractivity contribution in [3.63, 3.8) is 0 Å². The first-order valence-corrected chi connectivity index (χ1v) is 7.51. The van der Waals surface area contributed by atoms with Crippen molar-refractivity contribution in [2.45, 2.75) is 32.2 Å². The zero-order chi connectivity index (χ0) is 13.4. The van der Waals surface area contributed by atoms with E-state index in [2.05, 4.69) is 37.8 Å². The number of aliphatic hydroxyl groups excluding tert-OH is 1. The number of thioether (sulfide) groups is 1. The monoisotopic (exact) mass is 265 g/mol. The van der Waals surface area contributed by atoms with Gasteiger partial charge >= 0.3 is 0 Å². The van der Waals surface area contributed by atoms with Crippen LogP contribution >= 0.6 is 11.8 Å². The maximum atomic E-state index is 9.07. The fourth-order valence-corrected chi connectivity index (χ4v) is 2.59. The summed E-state index contributed by atoms with van der Waals surface area (Å²) in [4.78, 5) is 0. The van der Waals surface area contributed by atoms with Crippen LogP contribution in [-0.4, -0.2) is 22.7 Å². The van der Waals surface area contributed by atoms with Crippen LogP contribution in [0.15, 0.2) is 36.6 Å². The van der Waals surface area contributed by atoms with Gasteiger partial charge < -0.3 is 10.8 Å². The Morgan fingerprint density at radius 1 is 1.33 bits per heavy atom. The average Bonchev–Trinajstić information content (AvgIpc) is 2.35. The summed E-state index contributed by atoms with van der Waals surface area (Å²) in [7, 11) is 0. The van der Waals surface area contributed by atoms with Crippen LogP contribution < -0.4 is 5.73 Å². The Bertz CT molecular complexity index is 361. The van der Waals surface area contributed by atoms with Crippen molar-refractivity contribution in [3.8, 4) is 0 Å². The van der Waals surface area contributed by atoms with Gasteiger partial charge in [-0.25, -0.2) is 0 Å². The lowest BCUT2D eigenvalue weighted by atomic mass is 10.1. The Hall–Kier alpha value is -0.930. The number of benzene rings is 1. The molecule has 1 aromatic carbocycles. The molecule has 0 amide bonds. The molecule has 0 radical (unpaired) electrons. The van der Waals surface area contributed by atoms with E-state index >= 15 is 0 Å². The molecule has 18 heavy (non-hydrogen) atoms. The van der Waals surface area contributed by atoms with E-state index in [9.17, 15) is 0 Å². The van der Waals surface area contributed by atoms with Crippen LogP contribution in [0.3, 0.4) is 0 Å². The van der Waals surface area contributed by atoms with Gasteiger partial charge in [0.15, 0.2) is 0 Å². The maximum Gasteiger partial charge on any atom is 0.102 e. The van der Waals surface area contributed by atoms with Gasteiger partial charge in [0.25, 0.3) is 0 Å². The summed E-state index contributed by atoms with van der Waals surface area (Å²) >= 11 is 1.89. The van der Waals surface area contributed by atoms with Crippen LogP contribution in [0, 0.1) is 6.92 Å². The molecule has 100 valence electrons. The Labute approximate surface area is 114 Å². The van der Waals surface area contributed by atoms with Gasteiger partial charge in [0.2, 0.25) is 0 Å². The van der Waals surface area contributed by atoms with E-state index in [0.717, 1.165) is 24.3 Å². The molecule has 0 aromatic heterocycles. The molecule has 0 saturated heterocycles. The first-order valence-electron chi connectivity index (χ1n) is 6.36. The van der Waals surface area contributed by atoms with Crippen LogP contribution in [0.2, 0.25) is 0 Å². The molecule has 0 spiro atoms. The molecule has 0 heterocycles. The second kappa shape index (κ2) is 8.22. The smallest absolute Gasteiger partial charge is 0.102 e. The molecule has 1 unspecified atom stereocenters. The lowest BCUT2D eigenvalue weighted by molar-refractivity contribution is 0.367. The van der Waals surface area contributed by atoms with Crippen LogP contribution in [0.1, 0.15) is 24.0 Å². The van der Waals surface area contributed by atoms with E-state index in [1.165, 1.54) is 17.5 Å². The highest BCUT2D eigenvalue weighted by molar-refractivity contribution is 7.99. The first kappa shape index (κ1) is 15.1. The number of rotatable bonds is 8. The molecule has 3 N–H and O–H groups in total. The predicted molar refractivity (Wildman–Crippen MR) is 81.2 cm³/mol. The largest absolute Gasteiger partial charge is 0.511 e. The summed E-state index contributed by atoms with van der Waals surface area (Å²) in [6, 6.07) is 8.45. The molecule has 1 aromatic rings. The van der Waals surface area contributed by atoms with E-state index < -0.39 is 0 Å².